The zero-order valence-electron chi connectivity index (χ0n) is 9.67. The summed E-state index contributed by atoms with van der Waals surface area (Å²) in [4.78, 5) is 2.43. The summed E-state index contributed by atoms with van der Waals surface area (Å²) in [7, 11) is 0. The van der Waals surface area contributed by atoms with E-state index < -0.39 is 0 Å². The molecule has 0 aromatic heterocycles. The van der Waals surface area contributed by atoms with Crippen LogP contribution in [0.4, 0.5) is 0 Å². The molecule has 0 saturated carbocycles. The van der Waals surface area contributed by atoms with Gasteiger partial charge in [-0.15, -0.1) is 0 Å². The zero-order chi connectivity index (χ0) is 11.1. The van der Waals surface area contributed by atoms with E-state index in [9.17, 15) is 0 Å². The van der Waals surface area contributed by atoms with Crippen LogP contribution in [-0.2, 0) is 4.74 Å². The fraction of sp³-hybridized carbons (Fsp3) is 0.538. The van der Waals surface area contributed by atoms with Gasteiger partial charge in [0.15, 0.2) is 0 Å². The molecule has 1 rings (SSSR count). The molecule has 15 heavy (non-hydrogen) atoms. The van der Waals surface area contributed by atoms with E-state index in [0.717, 1.165) is 24.5 Å². The minimum atomic E-state index is 0.720. The van der Waals surface area contributed by atoms with Crippen molar-refractivity contribution in [3.8, 4) is 0 Å². The van der Waals surface area contributed by atoms with Gasteiger partial charge in [-0.25, -0.2) is 0 Å². The predicted molar refractivity (Wildman–Crippen MR) is 64.7 cm³/mol. The Bertz CT molecular complexity index is 249. The van der Waals surface area contributed by atoms with Crippen molar-refractivity contribution in [2.24, 2.45) is 0 Å². The van der Waals surface area contributed by atoms with Gasteiger partial charge in [-0.1, -0.05) is 24.8 Å². The summed E-state index contributed by atoms with van der Waals surface area (Å²) in [6.45, 7) is 13.7. The first kappa shape index (κ1) is 12.1. The molecule has 0 atom stereocenters. The van der Waals surface area contributed by atoms with Gasteiger partial charge in [0.05, 0.1) is 0 Å². The fourth-order valence-electron chi connectivity index (χ4n) is 1.60. The lowest BCUT2D eigenvalue weighted by Crippen LogP contribution is -2.23. The van der Waals surface area contributed by atoms with Crippen LogP contribution in [0.15, 0.2) is 36.6 Å². The first-order valence-corrected chi connectivity index (χ1v) is 5.56. The van der Waals surface area contributed by atoms with Crippen molar-refractivity contribution in [3.05, 3.63) is 36.6 Å². The molecule has 1 fully saturated rings. The summed E-state index contributed by atoms with van der Waals surface area (Å²) in [5.74, 6) is 0.720. The van der Waals surface area contributed by atoms with Crippen LogP contribution in [0.1, 0.15) is 19.8 Å². The molecule has 0 amide bonds. The monoisotopic (exact) mass is 207 g/mol. The number of nitrogens with zero attached hydrogens (tertiary/aromatic N) is 1. The van der Waals surface area contributed by atoms with E-state index in [4.69, 9.17) is 4.74 Å². The van der Waals surface area contributed by atoms with Crippen molar-refractivity contribution in [3.63, 3.8) is 0 Å². The van der Waals surface area contributed by atoms with Gasteiger partial charge < -0.3 is 4.74 Å². The Morgan fingerprint density at radius 3 is 2.53 bits per heavy atom. The third kappa shape index (κ3) is 5.43. The lowest BCUT2D eigenvalue weighted by Gasteiger charge is -2.14. The molecule has 0 aromatic carbocycles. The maximum atomic E-state index is 5.49. The summed E-state index contributed by atoms with van der Waals surface area (Å²) in [6, 6.07) is 0. The largest absolute Gasteiger partial charge is 0.493 e. The number of rotatable bonds is 6. The van der Waals surface area contributed by atoms with Crippen LogP contribution in [0.25, 0.3) is 0 Å². The van der Waals surface area contributed by atoms with Crippen molar-refractivity contribution in [2.75, 3.05) is 26.2 Å². The molecule has 84 valence electrons. The van der Waals surface area contributed by atoms with Gasteiger partial charge in [0.2, 0.25) is 0 Å². The van der Waals surface area contributed by atoms with Gasteiger partial charge in [-0.05, 0) is 38.9 Å². The molecule has 0 unspecified atom stereocenters. The minimum absolute atomic E-state index is 0.720. The van der Waals surface area contributed by atoms with Crippen LogP contribution in [0.2, 0.25) is 0 Å². The molecule has 0 spiro atoms. The van der Waals surface area contributed by atoms with Gasteiger partial charge in [-0.2, -0.15) is 0 Å². The number of hydrogen-bond donors (Lipinski definition) is 0. The van der Waals surface area contributed by atoms with E-state index in [2.05, 4.69) is 18.1 Å². The lowest BCUT2D eigenvalue weighted by atomic mass is 10.3. The normalized spacial score (nSPS) is 17.1. The van der Waals surface area contributed by atoms with Crippen LogP contribution in [0, 0.1) is 0 Å². The molecule has 2 heteroatoms. The molecule has 2 nitrogen and oxygen atoms in total. The molecule has 1 aliphatic heterocycles. The first-order valence-electron chi connectivity index (χ1n) is 5.56. The van der Waals surface area contributed by atoms with E-state index >= 15 is 0 Å². The lowest BCUT2D eigenvalue weighted by molar-refractivity contribution is 0.181. The average Bonchev–Trinajstić information content (AvgIpc) is 2.67. The summed E-state index contributed by atoms with van der Waals surface area (Å²) in [5.41, 5.74) is 1.01. The Morgan fingerprint density at radius 1 is 1.27 bits per heavy atom. The van der Waals surface area contributed by atoms with E-state index in [-0.39, 0.29) is 0 Å². The summed E-state index contributed by atoms with van der Waals surface area (Å²) >= 11 is 0. The van der Waals surface area contributed by atoms with Crippen molar-refractivity contribution in [1.82, 2.24) is 4.90 Å². The minimum Gasteiger partial charge on any atom is -0.493 e. The second-order valence-electron chi connectivity index (χ2n) is 4.04. The molecule has 0 aliphatic carbocycles. The highest BCUT2D eigenvalue weighted by molar-refractivity contribution is 5.19. The van der Waals surface area contributed by atoms with Gasteiger partial charge in [0.25, 0.3) is 0 Å². The fourth-order valence-corrected chi connectivity index (χ4v) is 1.60. The van der Waals surface area contributed by atoms with Crippen LogP contribution < -0.4 is 0 Å². The average molecular weight is 207 g/mol. The van der Waals surface area contributed by atoms with E-state index in [1.807, 2.05) is 19.1 Å². The van der Waals surface area contributed by atoms with Crippen molar-refractivity contribution < 1.29 is 4.74 Å². The van der Waals surface area contributed by atoms with Crippen molar-refractivity contribution in [1.29, 1.82) is 0 Å². The molecule has 1 heterocycles. The molecular formula is C13H21NO. The quantitative estimate of drug-likeness (QED) is 0.490. The van der Waals surface area contributed by atoms with E-state index in [1.54, 1.807) is 0 Å². The summed E-state index contributed by atoms with van der Waals surface area (Å²) in [6.07, 6.45) is 6.44. The second-order valence-corrected chi connectivity index (χ2v) is 4.04. The number of ether oxygens (including phenoxy) is 1. The Labute approximate surface area is 92.9 Å². The van der Waals surface area contributed by atoms with E-state index in [0.29, 0.717) is 0 Å². The van der Waals surface area contributed by atoms with E-state index in [1.165, 1.54) is 25.9 Å². The summed E-state index contributed by atoms with van der Waals surface area (Å²) < 4.78 is 5.49. The first-order chi connectivity index (χ1) is 7.18. The third-order valence-corrected chi connectivity index (χ3v) is 2.45. The SMILES string of the molecule is C=C(C)/C=C\C(=C)OCCN1CCCC1. The van der Waals surface area contributed by atoms with Gasteiger partial charge in [0, 0.05) is 6.54 Å². The highest BCUT2D eigenvalue weighted by Crippen LogP contribution is 2.07. The van der Waals surface area contributed by atoms with Crippen LogP contribution >= 0.6 is 0 Å². The van der Waals surface area contributed by atoms with Crippen LogP contribution in [-0.4, -0.2) is 31.1 Å². The van der Waals surface area contributed by atoms with Gasteiger partial charge in [0.1, 0.15) is 12.4 Å². The molecule has 1 saturated heterocycles. The van der Waals surface area contributed by atoms with Crippen molar-refractivity contribution in [2.45, 2.75) is 19.8 Å². The van der Waals surface area contributed by atoms with Crippen molar-refractivity contribution >= 4 is 0 Å². The molecule has 0 N–H and O–H groups in total. The smallest absolute Gasteiger partial charge is 0.112 e. The molecule has 1 aliphatic rings. The highest BCUT2D eigenvalue weighted by atomic mass is 16.5. The standard InChI is InChI=1S/C13H21NO/c1-12(2)6-7-13(3)15-11-10-14-8-4-5-9-14/h6-7H,1,3-5,8-11H2,2H3/b7-6-. The maximum Gasteiger partial charge on any atom is 0.112 e. The Morgan fingerprint density at radius 2 is 1.93 bits per heavy atom. The summed E-state index contributed by atoms with van der Waals surface area (Å²) in [5, 5.41) is 0. The van der Waals surface area contributed by atoms with Gasteiger partial charge in [-0.3, -0.25) is 4.90 Å². The Kier molecular flexibility index (Phi) is 5.19. The Balaban J connectivity index is 2.08. The Hall–Kier alpha value is -1.02. The topological polar surface area (TPSA) is 12.5 Å². The molecule has 0 aromatic rings. The maximum absolute atomic E-state index is 5.49. The number of likely N-dealkylation sites (tertiary alicyclic amines) is 1. The molecular weight excluding hydrogens is 186 g/mol. The predicted octanol–water partition coefficient (Wildman–Crippen LogP) is 2.74. The highest BCUT2D eigenvalue weighted by Gasteiger charge is 2.10. The zero-order valence-corrected chi connectivity index (χ0v) is 9.67. The number of hydrogen-bond acceptors (Lipinski definition) is 2. The van der Waals surface area contributed by atoms with Crippen LogP contribution in [0.5, 0.6) is 0 Å². The molecule has 0 radical (unpaired) electrons. The van der Waals surface area contributed by atoms with Crippen LogP contribution in [0.3, 0.4) is 0 Å². The molecule has 0 bridgehead atoms. The van der Waals surface area contributed by atoms with Gasteiger partial charge >= 0.3 is 0 Å². The third-order valence-electron chi connectivity index (χ3n) is 2.45. The number of allylic oxidation sites excluding steroid dienone is 3. The second kappa shape index (κ2) is 6.46.